The molecule has 0 saturated carbocycles. The van der Waals surface area contributed by atoms with E-state index in [-0.39, 0.29) is 12.5 Å². The van der Waals surface area contributed by atoms with Gasteiger partial charge in [-0.15, -0.1) is 0 Å². The third-order valence-electron chi connectivity index (χ3n) is 2.04. The smallest absolute Gasteiger partial charge is 0.277 e. The molecule has 0 bridgehead atoms. The number of hydroxylamine groups is 2. The second kappa shape index (κ2) is 5.86. The second-order valence-electron chi connectivity index (χ2n) is 3.26. The number of primary amides is 1. The number of carbonyl (C=O) groups is 2. The molecule has 0 aliphatic rings. The zero-order chi connectivity index (χ0) is 12.8. The summed E-state index contributed by atoms with van der Waals surface area (Å²) in [5, 5.41) is 1.11. The number of amides is 2. The summed E-state index contributed by atoms with van der Waals surface area (Å²) in [6.45, 7) is -0.189. The standard InChI is InChI=1S/C11H14N2O4/c1-13(16-2)11(15)8-3-5-9(6-4-8)17-7-10(12)14/h3-6H,7H2,1-2H3,(H2,12,14). The summed E-state index contributed by atoms with van der Waals surface area (Å²) in [5.74, 6) is -0.348. The summed E-state index contributed by atoms with van der Waals surface area (Å²) in [5.41, 5.74) is 5.39. The third kappa shape index (κ3) is 3.76. The van der Waals surface area contributed by atoms with Gasteiger partial charge in [0, 0.05) is 12.6 Å². The summed E-state index contributed by atoms with van der Waals surface area (Å²) in [7, 11) is 2.92. The van der Waals surface area contributed by atoms with E-state index >= 15 is 0 Å². The molecule has 0 atom stereocenters. The molecule has 0 radical (unpaired) electrons. The predicted octanol–water partition coefficient (Wildman–Crippen LogP) is 0.184. The summed E-state index contributed by atoms with van der Waals surface area (Å²) < 4.78 is 5.06. The zero-order valence-electron chi connectivity index (χ0n) is 9.67. The average Bonchev–Trinajstić information content (AvgIpc) is 2.35. The maximum atomic E-state index is 11.6. The van der Waals surface area contributed by atoms with Crippen LogP contribution < -0.4 is 10.5 Å². The molecule has 0 saturated heterocycles. The first-order valence-electron chi connectivity index (χ1n) is 4.88. The van der Waals surface area contributed by atoms with E-state index in [2.05, 4.69) is 0 Å². The predicted molar refractivity (Wildman–Crippen MR) is 60.2 cm³/mol. The van der Waals surface area contributed by atoms with E-state index < -0.39 is 5.91 Å². The zero-order valence-corrected chi connectivity index (χ0v) is 9.67. The van der Waals surface area contributed by atoms with Crippen LogP contribution in [0.1, 0.15) is 10.4 Å². The van der Waals surface area contributed by atoms with Crippen molar-refractivity contribution in [1.29, 1.82) is 0 Å². The van der Waals surface area contributed by atoms with Crippen molar-refractivity contribution in [2.45, 2.75) is 0 Å². The van der Waals surface area contributed by atoms with Crippen LogP contribution in [0.25, 0.3) is 0 Å². The first kappa shape index (κ1) is 13.0. The largest absolute Gasteiger partial charge is 0.484 e. The van der Waals surface area contributed by atoms with Gasteiger partial charge in [-0.25, -0.2) is 5.06 Å². The molecule has 17 heavy (non-hydrogen) atoms. The summed E-state index contributed by atoms with van der Waals surface area (Å²) >= 11 is 0. The molecule has 92 valence electrons. The highest BCUT2D eigenvalue weighted by molar-refractivity contribution is 5.93. The van der Waals surface area contributed by atoms with Crippen molar-refractivity contribution in [1.82, 2.24) is 5.06 Å². The van der Waals surface area contributed by atoms with E-state index in [0.717, 1.165) is 5.06 Å². The lowest BCUT2D eigenvalue weighted by Gasteiger charge is -2.13. The van der Waals surface area contributed by atoms with Crippen molar-refractivity contribution in [3.63, 3.8) is 0 Å². The van der Waals surface area contributed by atoms with Gasteiger partial charge in [0.05, 0.1) is 7.11 Å². The number of hydrogen-bond donors (Lipinski definition) is 1. The van der Waals surface area contributed by atoms with E-state index in [0.29, 0.717) is 11.3 Å². The summed E-state index contributed by atoms with van der Waals surface area (Å²) in [4.78, 5) is 26.9. The fourth-order valence-corrected chi connectivity index (χ4v) is 1.11. The van der Waals surface area contributed by atoms with Gasteiger partial charge in [-0.3, -0.25) is 14.4 Å². The molecule has 2 N–H and O–H groups in total. The lowest BCUT2D eigenvalue weighted by Crippen LogP contribution is -2.25. The molecular formula is C11H14N2O4. The Kier molecular flexibility index (Phi) is 4.47. The highest BCUT2D eigenvalue weighted by atomic mass is 16.7. The van der Waals surface area contributed by atoms with Crippen molar-refractivity contribution in [3.8, 4) is 5.75 Å². The van der Waals surface area contributed by atoms with Gasteiger partial charge in [0.25, 0.3) is 11.8 Å². The van der Waals surface area contributed by atoms with E-state index in [4.69, 9.17) is 15.3 Å². The van der Waals surface area contributed by atoms with Crippen molar-refractivity contribution in [3.05, 3.63) is 29.8 Å². The van der Waals surface area contributed by atoms with Gasteiger partial charge in [0.1, 0.15) is 5.75 Å². The minimum atomic E-state index is -0.552. The van der Waals surface area contributed by atoms with Crippen LogP contribution in [-0.2, 0) is 9.63 Å². The van der Waals surface area contributed by atoms with Crippen LogP contribution in [0.3, 0.4) is 0 Å². The Bertz CT molecular complexity index is 402. The van der Waals surface area contributed by atoms with E-state index in [9.17, 15) is 9.59 Å². The van der Waals surface area contributed by atoms with Gasteiger partial charge >= 0.3 is 0 Å². The van der Waals surface area contributed by atoms with Gasteiger partial charge in [0.2, 0.25) is 0 Å². The Labute approximate surface area is 98.9 Å². The van der Waals surface area contributed by atoms with E-state index in [1.54, 1.807) is 24.3 Å². The van der Waals surface area contributed by atoms with Crippen molar-refractivity contribution < 1.29 is 19.2 Å². The van der Waals surface area contributed by atoms with Crippen LogP contribution in [0.5, 0.6) is 5.75 Å². The number of rotatable bonds is 5. The number of carbonyl (C=O) groups excluding carboxylic acids is 2. The van der Waals surface area contributed by atoms with Gasteiger partial charge in [-0.05, 0) is 24.3 Å². The molecule has 1 aromatic carbocycles. The van der Waals surface area contributed by atoms with Crippen molar-refractivity contribution in [2.24, 2.45) is 5.73 Å². The molecular weight excluding hydrogens is 224 g/mol. The molecule has 0 fully saturated rings. The molecule has 0 spiro atoms. The number of nitrogens with two attached hydrogens (primary N) is 1. The molecule has 6 heteroatoms. The molecule has 0 aliphatic carbocycles. The molecule has 6 nitrogen and oxygen atoms in total. The fourth-order valence-electron chi connectivity index (χ4n) is 1.11. The van der Waals surface area contributed by atoms with Gasteiger partial charge in [0.15, 0.2) is 6.61 Å². The first-order valence-corrected chi connectivity index (χ1v) is 4.88. The quantitative estimate of drug-likeness (QED) is 0.742. The van der Waals surface area contributed by atoms with E-state index in [1.807, 2.05) is 0 Å². The molecule has 0 heterocycles. The number of nitrogens with zero attached hydrogens (tertiary/aromatic N) is 1. The van der Waals surface area contributed by atoms with Crippen LogP contribution in [-0.4, -0.2) is 37.6 Å². The fraction of sp³-hybridized carbons (Fsp3) is 0.273. The minimum Gasteiger partial charge on any atom is -0.484 e. The SMILES string of the molecule is CON(C)C(=O)c1ccc(OCC(N)=O)cc1. The molecule has 1 aromatic rings. The minimum absolute atomic E-state index is 0.189. The van der Waals surface area contributed by atoms with Gasteiger partial charge in [-0.1, -0.05) is 0 Å². The maximum Gasteiger partial charge on any atom is 0.277 e. The topological polar surface area (TPSA) is 81.9 Å². The number of benzene rings is 1. The Morgan fingerprint density at radius 2 is 1.88 bits per heavy atom. The second-order valence-corrected chi connectivity index (χ2v) is 3.26. The van der Waals surface area contributed by atoms with Crippen LogP contribution in [0, 0.1) is 0 Å². The Hall–Kier alpha value is -2.08. The highest BCUT2D eigenvalue weighted by Gasteiger charge is 2.10. The van der Waals surface area contributed by atoms with Gasteiger partial charge < -0.3 is 10.5 Å². The monoisotopic (exact) mass is 238 g/mol. The van der Waals surface area contributed by atoms with Crippen LogP contribution in [0.2, 0.25) is 0 Å². The molecule has 1 rings (SSSR count). The lowest BCUT2D eigenvalue weighted by molar-refractivity contribution is -0.119. The van der Waals surface area contributed by atoms with Crippen LogP contribution in [0.4, 0.5) is 0 Å². The third-order valence-corrected chi connectivity index (χ3v) is 2.04. The Balaban J connectivity index is 2.67. The molecule has 2 amide bonds. The lowest BCUT2D eigenvalue weighted by atomic mass is 10.2. The van der Waals surface area contributed by atoms with Crippen LogP contribution >= 0.6 is 0 Å². The number of hydrogen-bond acceptors (Lipinski definition) is 4. The van der Waals surface area contributed by atoms with Crippen molar-refractivity contribution in [2.75, 3.05) is 20.8 Å². The van der Waals surface area contributed by atoms with Crippen molar-refractivity contribution >= 4 is 11.8 Å². The highest BCUT2D eigenvalue weighted by Crippen LogP contribution is 2.13. The van der Waals surface area contributed by atoms with Crippen LogP contribution in [0.15, 0.2) is 24.3 Å². The van der Waals surface area contributed by atoms with Gasteiger partial charge in [-0.2, -0.15) is 0 Å². The summed E-state index contributed by atoms with van der Waals surface area (Å²) in [6, 6.07) is 6.32. The average molecular weight is 238 g/mol. The normalized spacial score (nSPS) is 9.76. The maximum absolute atomic E-state index is 11.6. The first-order chi connectivity index (χ1) is 8.04. The molecule has 0 unspecified atom stereocenters. The Morgan fingerprint density at radius 1 is 1.29 bits per heavy atom. The number of ether oxygens (including phenoxy) is 1. The van der Waals surface area contributed by atoms with E-state index in [1.165, 1.54) is 14.2 Å². The molecule has 0 aliphatic heterocycles. The molecule has 0 aromatic heterocycles. The Morgan fingerprint density at radius 3 is 2.35 bits per heavy atom. The summed E-state index contributed by atoms with van der Waals surface area (Å²) in [6.07, 6.45) is 0.